The van der Waals surface area contributed by atoms with Crippen LogP contribution in [-0.2, 0) is 4.79 Å². The second kappa shape index (κ2) is 7.42. The van der Waals surface area contributed by atoms with Gasteiger partial charge in [0.1, 0.15) is 0 Å². The van der Waals surface area contributed by atoms with Gasteiger partial charge in [-0.05, 0) is 24.8 Å². The number of amides is 1. The van der Waals surface area contributed by atoms with Gasteiger partial charge in [0.15, 0.2) is 0 Å². The molecule has 1 aromatic rings. The zero-order chi connectivity index (χ0) is 13.5. The summed E-state index contributed by atoms with van der Waals surface area (Å²) in [4.78, 5) is 12.0. The summed E-state index contributed by atoms with van der Waals surface area (Å²) >= 11 is 6.16. The molecule has 0 radical (unpaired) electrons. The molecule has 18 heavy (non-hydrogen) atoms. The lowest BCUT2D eigenvalue weighted by molar-refractivity contribution is -0.122. The molecule has 0 heterocycles. The highest BCUT2D eigenvalue weighted by atomic mass is 35.5. The first-order valence-electron chi connectivity index (χ1n) is 6.47. The van der Waals surface area contributed by atoms with Crippen LogP contribution in [0.3, 0.4) is 0 Å². The van der Waals surface area contributed by atoms with Crippen molar-refractivity contribution in [2.45, 2.75) is 38.5 Å². The molecule has 0 bridgehead atoms. The van der Waals surface area contributed by atoms with Crippen LogP contribution in [-0.4, -0.2) is 17.8 Å². The molecule has 1 rings (SSSR count). The van der Waals surface area contributed by atoms with Gasteiger partial charge in [-0.25, -0.2) is 0 Å². The Balaban J connectivity index is 2.41. The average molecular weight is 268 g/mol. The van der Waals surface area contributed by atoms with E-state index in [0.29, 0.717) is 12.5 Å². The van der Waals surface area contributed by atoms with E-state index in [4.69, 9.17) is 11.6 Å². The van der Waals surface area contributed by atoms with Crippen molar-refractivity contribution in [3.8, 4) is 0 Å². The van der Waals surface area contributed by atoms with Crippen molar-refractivity contribution in [2.75, 3.05) is 6.54 Å². The third-order valence-electron chi connectivity index (χ3n) is 2.92. The fourth-order valence-corrected chi connectivity index (χ4v) is 2.29. The van der Waals surface area contributed by atoms with Crippen LogP contribution in [0.15, 0.2) is 30.3 Å². The summed E-state index contributed by atoms with van der Waals surface area (Å²) in [6.07, 6.45) is 0.918. The highest BCUT2D eigenvalue weighted by Crippen LogP contribution is 2.15. The highest BCUT2D eigenvalue weighted by Gasteiger charge is 2.16. The second-order valence-corrected chi connectivity index (χ2v) is 5.72. The Morgan fingerprint density at radius 1 is 1.22 bits per heavy atom. The molecule has 0 aliphatic rings. The van der Waals surface area contributed by atoms with E-state index in [1.165, 1.54) is 0 Å². The summed E-state index contributed by atoms with van der Waals surface area (Å²) < 4.78 is 0. The largest absolute Gasteiger partial charge is 0.354 e. The van der Waals surface area contributed by atoms with Crippen LogP contribution in [0, 0.1) is 5.92 Å². The second-order valence-electron chi connectivity index (χ2n) is 5.10. The summed E-state index contributed by atoms with van der Waals surface area (Å²) in [6, 6.07) is 9.78. The molecule has 0 saturated carbocycles. The molecule has 1 aromatic carbocycles. The van der Waals surface area contributed by atoms with Gasteiger partial charge in [0, 0.05) is 6.54 Å². The standard InChI is InChI=1S/C15H22ClNO/c1-11(2)9-14(16)10-17-15(18)12(3)13-7-5-4-6-8-13/h4-8,11-12,14H,9-10H2,1-3H3,(H,17,18). The van der Waals surface area contributed by atoms with E-state index in [1.807, 2.05) is 37.3 Å². The van der Waals surface area contributed by atoms with Crippen molar-refractivity contribution < 1.29 is 4.79 Å². The van der Waals surface area contributed by atoms with Gasteiger partial charge >= 0.3 is 0 Å². The minimum absolute atomic E-state index is 0.0110. The summed E-state index contributed by atoms with van der Waals surface area (Å²) in [7, 11) is 0. The molecule has 0 aromatic heterocycles. The number of hydrogen-bond donors (Lipinski definition) is 1. The van der Waals surface area contributed by atoms with Gasteiger partial charge in [-0.15, -0.1) is 11.6 Å². The number of carbonyl (C=O) groups is 1. The normalized spacial score (nSPS) is 14.3. The maximum atomic E-state index is 12.0. The minimum Gasteiger partial charge on any atom is -0.354 e. The van der Waals surface area contributed by atoms with Gasteiger partial charge in [0.25, 0.3) is 0 Å². The van der Waals surface area contributed by atoms with Gasteiger partial charge in [0.05, 0.1) is 11.3 Å². The van der Waals surface area contributed by atoms with E-state index < -0.39 is 0 Å². The zero-order valence-corrected chi connectivity index (χ0v) is 12.1. The molecule has 0 aliphatic heterocycles. The molecule has 100 valence electrons. The fraction of sp³-hybridized carbons (Fsp3) is 0.533. The maximum absolute atomic E-state index is 12.0. The van der Waals surface area contributed by atoms with Crippen molar-refractivity contribution in [1.29, 1.82) is 0 Å². The van der Waals surface area contributed by atoms with Crippen LogP contribution >= 0.6 is 11.6 Å². The monoisotopic (exact) mass is 267 g/mol. The summed E-state index contributed by atoms with van der Waals surface area (Å²) in [5, 5.41) is 2.93. The predicted octanol–water partition coefficient (Wildman–Crippen LogP) is 3.56. The lowest BCUT2D eigenvalue weighted by atomic mass is 10.0. The maximum Gasteiger partial charge on any atom is 0.227 e. The first kappa shape index (κ1) is 15.0. The molecule has 0 fully saturated rings. The van der Waals surface area contributed by atoms with Crippen molar-refractivity contribution in [2.24, 2.45) is 5.92 Å². The summed E-state index contributed by atoms with van der Waals surface area (Å²) in [6.45, 7) is 6.71. The smallest absolute Gasteiger partial charge is 0.227 e. The third-order valence-corrected chi connectivity index (χ3v) is 3.25. The van der Waals surface area contributed by atoms with Gasteiger partial charge in [-0.1, -0.05) is 44.2 Å². The number of hydrogen-bond acceptors (Lipinski definition) is 1. The molecule has 2 nitrogen and oxygen atoms in total. The van der Waals surface area contributed by atoms with Gasteiger partial charge in [0.2, 0.25) is 5.91 Å². The summed E-state index contributed by atoms with van der Waals surface area (Å²) in [5.41, 5.74) is 1.03. The van der Waals surface area contributed by atoms with E-state index in [1.54, 1.807) is 0 Å². The van der Waals surface area contributed by atoms with E-state index in [-0.39, 0.29) is 17.2 Å². The molecular weight excluding hydrogens is 246 g/mol. The quantitative estimate of drug-likeness (QED) is 0.785. The molecule has 1 N–H and O–H groups in total. The van der Waals surface area contributed by atoms with Crippen molar-refractivity contribution in [3.63, 3.8) is 0 Å². The van der Waals surface area contributed by atoms with Gasteiger partial charge < -0.3 is 5.32 Å². The Labute approximate surface area is 115 Å². The number of rotatable bonds is 6. The molecular formula is C15H22ClNO. The van der Waals surface area contributed by atoms with Crippen molar-refractivity contribution >= 4 is 17.5 Å². The molecule has 0 spiro atoms. The molecule has 0 aliphatic carbocycles. The number of benzene rings is 1. The van der Waals surface area contributed by atoms with Crippen LogP contribution in [0.4, 0.5) is 0 Å². The first-order chi connectivity index (χ1) is 8.50. The lowest BCUT2D eigenvalue weighted by Gasteiger charge is -2.16. The summed E-state index contributed by atoms with van der Waals surface area (Å²) in [5.74, 6) is 0.459. The molecule has 3 heteroatoms. The number of nitrogens with one attached hydrogen (secondary N) is 1. The zero-order valence-electron chi connectivity index (χ0n) is 11.3. The van der Waals surface area contributed by atoms with Crippen LogP contribution in [0.25, 0.3) is 0 Å². The number of halogens is 1. The Bertz CT molecular complexity index is 364. The number of carbonyl (C=O) groups excluding carboxylic acids is 1. The van der Waals surface area contributed by atoms with Gasteiger partial charge in [-0.2, -0.15) is 0 Å². The molecule has 1 amide bonds. The number of alkyl halides is 1. The van der Waals surface area contributed by atoms with Crippen molar-refractivity contribution in [1.82, 2.24) is 5.32 Å². The van der Waals surface area contributed by atoms with Crippen LogP contribution < -0.4 is 5.32 Å². The highest BCUT2D eigenvalue weighted by molar-refractivity contribution is 6.20. The third kappa shape index (κ3) is 5.09. The predicted molar refractivity (Wildman–Crippen MR) is 77.0 cm³/mol. The van der Waals surface area contributed by atoms with E-state index >= 15 is 0 Å². The minimum atomic E-state index is -0.130. The van der Waals surface area contributed by atoms with E-state index in [9.17, 15) is 4.79 Å². The van der Waals surface area contributed by atoms with Crippen LogP contribution in [0.1, 0.15) is 38.7 Å². The Morgan fingerprint density at radius 3 is 2.39 bits per heavy atom. The van der Waals surface area contributed by atoms with Crippen molar-refractivity contribution in [3.05, 3.63) is 35.9 Å². The van der Waals surface area contributed by atoms with E-state index in [2.05, 4.69) is 19.2 Å². The van der Waals surface area contributed by atoms with Crippen LogP contribution in [0.2, 0.25) is 0 Å². The molecule has 2 unspecified atom stereocenters. The Morgan fingerprint density at radius 2 is 1.83 bits per heavy atom. The lowest BCUT2D eigenvalue weighted by Crippen LogP contribution is -2.33. The first-order valence-corrected chi connectivity index (χ1v) is 6.91. The molecule has 0 saturated heterocycles. The molecule has 2 atom stereocenters. The Hall–Kier alpha value is -1.02. The topological polar surface area (TPSA) is 29.1 Å². The Kier molecular flexibility index (Phi) is 6.20. The average Bonchev–Trinajstić information content (AvgIpc) is 2.35. The van der Waals surface area contributed by atoms with E-state index in [0.717, 1.165) is 12.0 Å². The SMILES string of the molecule is CC(C)CC(Cl)CNC(=O)C(C)c1ccccc1. The van der Waals surface area contributed by atoms with Crippen LogP contribution in [0.5, 0.6) is 0 Å². The fourth-order valence-electron chi connectivity index (χ4n) is 1.85. The van der Waals surface area contributed by atoms with Gasteiger partial charge in [-0.3, -0.25) is 4.79 Å².